The van der Waals surface area contributed by atoms with Crippen molar-refractivity contribution in [3.8, 4) is 11.5 Å². The van der Waals surface area contributed by atoms with Gasteiger partial charge in [0.1, 0.15) is 0 Å². The molecule has 6 nitrogen and oxygen atoms in total. The van der Waals surface area contributed by atoms with E-state index in [4.69, 9.17) is 32.7 Å². The minimum atomic E-state index is -0.725. The van der Waals surface area contributed by atoms with Crippen LogP contribution in [0.15, 0.2) is 34.1 Å². The van der Waals surface area contributed by atoms with Gasteiger partial charge in [0.2, 0.25) is 0 Å². The van der Waals surface area contributed by atoms with Gasteiger partial charge < -0.3 is 19.3 Å². The fourth-order valence-corrected chi connectivity index (χ4v) is 14.5. The number of amides is 2. The van der Waals surface area contributed by atoms with Gasteiger partial charge in [-0.3, -0.25) is 0 Å². The number of rotatable bonds is 13. The first kappa shape index (κ1) is 33.7. The summed E-state index contributed by atoms with van der Waals surface area (Å²) in [5.41, 5.74) is 0. The van der Waals surface area contributed by atoms with Crippen molar-refractivity contribution in [3.05, 3.63) is 45.9 Å². The third-order valence-corrected chi connectivity index (χ3v) is 16.1. The molecule has 0 radical (unpaired) electrons. The van der Waals surface area contributed by atoms with Crippen molar-refractivity contribution in [2.75, 3.05) is 26.2 Å². The molecular weight excluding hydrogens is 658 g/mol. The Kier molecular flexibility index (Phi) is 15.4. The average Bonchev–Trinajstić information content (AvgIpc) is 2.87. The molecule has 0 aliphatic rings. The fourth-order valence-electron chi connectivity index (χ4n) is 2.71. The summed E-state index contributed by atoms with van der Waals surface area (Å²) in [5, 5.41) is 0.389. The first-order valence-corrected chi connectivity index (χ1v) is 19.3. The third-order valence-electron chi connectivity index (χ3n) is 4.74. The molecule has 0 bridgehead atoms. The number of hydrogen-bond acceptors (Lipinski definition) is 10. The average molecular weight is 682 g/mol. The summed E-state index contributed by atoms with van der Waals surface area (Å²) in [6.07, 6.45) is -1.27. The van der Waals surface area contributed by atoms with Gasteiger partial charge in [0.05, 0.1) is 10.0 Å². The predicted molar refractivity (Wildman–Crippen MR) is 163 cm³/mol. The van der Waals surface area contributed by atoms with E-state index in [0.717, 1.165) is 12.1 Å². The molecule has 0 aliphatic carbocycles. The van der Waals surface area contributed by atoms with Crippen molar-refractivity contribution in [1.82, 2.24) is 9.80 Å². The number of carbonyl (C=O) groups excluding carboxylic acids is 2. The van der Waals surface area contributed by atoms with Crippen LogP contribution < -0.4 is 9.47 Å². The zero-order valence-corrected chi connectivity index (χ0v) is 27.0. The van der Waals surface area contributed by atoms with Crippen LogP contribution in [0.3, 0.4) is 0 Å². The van der Waals surface area contributed by atoms with Crippen LogP contribution in [0.4, 0.5) is 18.4 Å². The van der Waals surface area contributed by atoms with Gasteiger partial charge in [0, 0.05) is 48.1 Å². The zero-order chi connectivity index (χ0) is 28.2. The topological polar surface area (TPSA) is 59.1 Å². The Balaban J connectivity index is 1.89. The molecule has 0 spiro atoms. The molecule has 16 heteroatoms. The molecule has 2 aromatic carbocycles. The summed E-state index contributed by atoms with van der Waals surface area (Å²) < 4.78 is 38.9. The maximum absolute atomic E-state index is 14.3. The number of hydrogen-bond donors (Lipinski definition) is 0. The lowest BCUT2D eigenvalue weighted by atomic mass is 10.3. The Labute approximate surface area is 253 Å². The van der Waals surface area contributed by atoms with Crippen LogP contribution in [0.25, 0.3) is 0 Å². The molecule has 38 heavy (non-hydrogen) atoms. The number of ether oxygens (including phenoxy) is 2. The molecule has 0 aromatic heterocycles. The largest absolute Gasteiger partial charge is 0.415 e. The van der Waals surface area contributed by atoms with Gasteiger partial charge >= 0.3 is 12.2 Å². The van der Waals surface area contributed by atoms with Crippen molar-refractivity contribution >= 4 is 96.3 Å². The lowest BCUT2D eigenvalue weighted by molar-refractivity contribution is 0.154. The highest BCUT2D eigenvalue weighted by Gasteiger charge is 2.19. The molecule has 0 unspecified atom stereocenters. The Morgan fingerprint density at radius 1 is 0.684 bits per heavy atom. The molecular formula is C22H24Cl2F2N2O4S6. The van der Waals surface area contributed by atoms with Crippen LogP contribution >= 0.6 is 84.1 Å². The summed E-state index contributed by atoms with van der Waals surface area (Å²) in [5.74, 6) is -1.84. The molecule has 2 rings (SSSR count). The minimum Gasteiger partial charge on any atom is -0.407 e. The van der Waals surface area contributed by atoms with E-state index >= 15 is 0 Å². The summed E-state index contributed by atoms with van der Waals surface area (Å²) in [6, 6.07) is 5.00. The van der Waals surface area contributed by atoms with Crippen LogP contribution in [-0.4, -0.2) is 48.2 Å². The van der Waals surface area contributed by atoms with E-state index in [1.54, 1.807) is 27.7 Å². The van der Waals surface area contributed by atoms with E-state index < -0.39 is 23.8 Å². The van der Waals surface area contributed by atoms with Crippen LogP contribution in [0, 0.1) is 11.6 Å². The van der Waals surface area contributed by atoms with Crippen molar-refractivity contribution < 1.29 is 27.8 Å². The summed E-state index contributed by atoms with van der Waals surface area (Å²) in [6.45, 7) is 8.98. The summed E-state index contributed by atoms with van der Waals surface area (Å²) in [7, 11) is 8.11. The van der Waals surface area contributed by atoms with Crippen LogP contribution in [0.1, 0.15) is 27.7 Å². The maximum atomic E-state index is 14.3. The Morgan fingerprint density at radius 2 is 1.03 bits per heavy atom. The van der Waals surface area contributed by atoms with Crippen molar-refractivity contribution in [2.45, 2.75) is 37.5 Å². The first-order valence-electron chi connectivity index (χ1n) is 11.1. The molecule has 0 N–H and O–H groups in total. The second kappa shape index (κ2) is 17.4. The van der Waals surface area contributed by atoms with E-state index in [1.807, 2.05) is 0 Å². The quantitative estimate of drug-likeness (QED) is 0.151. The molecule has 0 fully saturated rings. The molecule has 0 saturated carbocycles. The molecule has 0 saturated heterocycles. The van der Waals surface area contributed by atoms with Gasteiger partial charge in [-0.2, -0.15) is 0 Å². The first-order chi connectivity index (χ1) is 18.1. The number of benzene rings is 2. The van der Waals surface area contributed by atoms with E-state index in [-0.39, 0.29) is 21.5 Å². The molecule has 2 aromatic rings. The van der Waals surface area contributed by atoms with Gasteiger partial charge in [0.25, 0.3) is 0 Å². The highest BCUT2D eigenvalue weighted by Crippen LogP contribution is 2.57. The monoisotopic (exact) mass is 680 g/mol. The number of nitrogens with zero attached hydrogens (tertiary/aromatic N) is 2. The second-order valence-corrected chi connectivity index (χ2v) is 17.0. The predicted octanol–water partition coefficient (Wildman–Crippen LogP) is 10.3. The normalized spacial score (nSPS) is 10.8. The van der Waals surface area contributed by atoms with Crippen molar-refractivity contribution in [1.29, 1.82) is 0 Å². The van der Waals surface area contributed by atoms with Gasteiger partial charge in [-0.15, -0.1) is 0 Å². The summed E-state index contributed by atoms with van der Waals surface area (Å²) >= 11 is 12.3. The van der Waals surface area contributed by atoms with Gasteiger partial charge in [-0.25, -0.2) is 18.4 Å². The van der Waals surface area contributed by atoms with E-state index in [9.17, 15) is 18.4 Å². The van der Waals surface area contributed by atoms with Gasteiger partial charge in [0.15, 0.2) is 23.1 Å². The Morgan fingerprint density at radius 3 is 1.34 bits per heavy atom. The zero-order valence-electron chi connectivity index (χ0n) is 20.6. The standard InChI is InChI=1S/C22H24Cl2F2N2O4S6/c1-5-27(6-2)21(29)31-17-11-19(13(23)9-15(17)25)33-35-37-38-36-34-20-12-18(16(26)10-14(20)24)32-22(30)28(7-3)8-4/h9-12H,5-8H2,1-4H3. The van der Waals surface area contributed by atoms with Crippen LogP contribution in [0.2, 0.25) is 10.0 Å². The smallest absolute Gasteiger partial charge is 0.407 e. The summed E-state index contributed by atoms with van der Waals surface area (Å²) in [4.78, 5) is 28.3. The van der Waals surface area contributed by atoms with Crippen molar-refractivity contribution in [3.63, 3.8) is 0 Å². The molecule has 2 amide bonds. The molecule has 0 aliphatic heterocycles. The number of halogens is 4. The van der Waals surface area contributed by atoms with E-state index in [0.29, 0.717) is 36.0 Å². The SMILES string of the molecule is CCN(CC)C(=O)Oc1cc(SSSSSSc2cc(OC(=O)N(CC)CC)c(F)cc2Cl)c(Cl)cc1F. The minimum absolute atomic E-state index is 0.194. The highest BCUT2D eigenvalue weighted by molar-refractivity contribution is 9.41. The second-order valence-electron chi connectivity index (χ2n) is 6.95. The highest BCUT2D eigenvalue weighted by atomic mass is 35.5. The Hall–Kier alpha value is -0.480. The lowest BCUT2D eigenvalue weighted by Crippen LogP contribution is -2.33. The molecule has 0 atom stereocenters. The maximum Gasteiger partial charge on any atom is 0.415 e. The molecule has 210 valence electrons. The van der Waals surface area contributed by atoms with Gasteiger partial charge in [-0.05, 0) is 101 Å². The van der Waals surface area contributed by atoms with Crippen LogP contribution in [0.5, 0.6) is 11.5 Å². The number of carbonyl (C=O) groups is 2. The van der Waals surface area contributed by atoms with E-state index in [2.05, 4.69) is 0 Å². The molecule has 0 heterocycles. The third kappa shape index (κ3) is 10.2. The van der Waals surface area contributed by atoms with Gasteiger partial charge in [-0.1, -0.05) is 23.2 Å². The Bertz CT molecular complexity index is 1030. The van der Waals surface area contributed by atoms with E-state index in [1.165, 1.54) is 82.8 Å². The fraction of sp³-hybridized carbons (Fsp3) is 0.364. The van der Waals surface area contributed by atoms with Crippen LogP contribution in [-0.2, 0) is 0 Å². The van der Waals surface area contributed by atoms with Crippen molar-refractivity contribution in [2.24, 2.45) is 0 Å². The lowest BCUT2D eigenvalue weighted by Gasteiger charge is -2.18.